The minimum atomic E-state index is 0.506. The number of hydrogen-bond donors (Lipinski definition) is 1. The molecule has 0 rings (SSSR count). The van der Waals surface area contributed by atoms with Gasteiger partial charge in [0, 0.05) is 4.91 Å². The zero-order valence-electron chi connectivity index (χ0n) is 8.39. The number of thiol groups is 1. The topological polar surface area (TPSA) is 0 Å². The number of allylic oxidation sites excluding steroid dienone is 4. The van der Waals surface area contributed by atoms with Crippen LogP contribution in [-0.2, 0) is 0 Å². The van der Waals surface area contributed by atoms with Crippen molar-refractivity contribution >= 4 is 12.6 Å². The molecule has 1 heteroatoms. The highest BCUT2D eigenvalue weighted by molar-refractivity contribution is 7.84. The van der Waals surface area contributed by atoms with Gasteiger partial charge in [0.25, 0.3) is 0 Å². The number of hydrogen-bond acceptors (Lipinski definition) is 1. The molecule has 0 aromatic carbocycles. The van der Waals surface area contributed by atoms with E-state index in [1.807, 2.05) is 19.1 Å². The Labute approximate surface area is 81.5 Å². The quantitative estimate of drug-likeness (QED) is 0.495. The molecule has 0 aromatic rings. The molecular formula is C11H18S. The van der Waals surface area contributed by atoms with Crippen LogP contribution in [0, 0.1) is 5.92 Å². The van der Waals surface area contributed by atoms with Gasteiger partial charge in [0.15, 0.2) is 0 Å². The van der Waals surface area contributed by atoms with E-state index < -0.39 is 0 Å². The Morgan fingerprint density at radius 3 is 2.17 bits per heavy atom. The summed E-state index contributed by atoms with van der Waals surface area (Å²) in [6, 6.07) is 0. The fraction of sp³-hybridized carbons (Fsp3) is 0.455. The van der Waals surface area contributed by atoms with Crippen LogP contribution in [0.5, 0.6) is 0 Å². The first-order chi connectivity index (χ1) is 5.54. The lowest BCUT2D eigenvalue weighted by Gasteiger charge is -2.13. The minimum absolute atomic E-state index is 0.506. The van der Waals surface area contributed by atoms with Crippen molar-refractivity contribution in [1.29, 1.82) is 0 Å². The third-order valence-electron chi connectivity index (χ3n) is 1.86. The predicted octanol–water partition coefficient (Wildman–Crippen LogP) is 3.98. The molecular weight excluding hydrogens is 164 g/mol. The van der Waals surface area contributed by atoms with E-state index in [1.54, 1.807) is 0 Å². The van der Waals surface area contributed by atoms with Crippen molar-refractivity contribution in [2.75, 3.05) is 0 Å². The first kappa shape index (κ1) is 11.6. The van der Waals surface area contributed by atoms with Crippen LogP contribution in [-0.4, -0.2) is 0 Å². The van der Waals surface area contributed by atoms with Crippen molar-refractivity contribution in [2.24, 2.45) is 5.92 Å². The predicted molar refractivity (Wildman–Crippen MR) is 60.5 cm³/mol. The molecule has 0 atom stereocenters. The van der Waals surface area contributed by atoms with Crippen molar-refractivity contribution < 1.29 is 0 Å². The highest BCUT2D eigenvalue weighted by Crippen LogP contribution is 2.26. The summed E-state index contributed by atoms with van der Waals surface area (Å²) < 4.78 is 0. The first-order valence-corrected chi connectivity index (χ1v) is 4.68. The van der Waals surface area contributed by atoms with Crippen molar-refractivity contribution in [2.45, 2.75) is 27.7 Å². The van der Waals surface area contributed by atoms with Gasteiger partial charge in [-0.2, -0.15) is 0 Å². The van der Waals surface area contributed by atoms with Crippen LogP contribution in [0.3, 0.4) is 0 Å². The molecule has 0 spiro atoms. The van der Waals surface area contributed by atoms with Gasteiger partial charge in [-0.05, 0) is 30.9 Å². The Balaban J connectivity index is 5.05. The molecule has 0 N–H and O–H groups in total. The van der Waals surface area contributed by atoms with Crippen LogP contribution < -0.4 is 0 Å². The normalized spacial score (nSPS) is 14.7. The zero-order valence-corrected chi connectivity index (χ0v) is 9.28. The lowest BCUT2D eigenvalue weighted by molar-refractivity contribution is 0.780. The van der Waals surface area contributed by atoms with Crippen LogP contribution >= 0.6 is 12.6 Å². The lowest BCUT2D eigenvalue weighted by Crippen LogP contribution is -1.97. The van der Waals surface area contributed by atoms with Crippen LogP contribution in [0.4, 0.5) is 0 Å². The molecule has 0 aliphatic heterocycles. The van der Waals surface area contributed by atoms with E-state index in [2.05, 4.69) is 40.0 Å². The molecule has 0 nitrogen and oxygen atoms in total. The second-order valence-corrected chi connectivity index (χ2v) is 3.61. The van der Waals surface area contributed by atoms with Gasteiger partial charge in [0.2, 0.25) is 0 Å². The second kappa shape index (κ2) is 5.26. The molecule has 0 aliphatic carbocycles. The van der Waals surface area contributed by atoms with Crippen LogP contribution in [0.25, 0.3) is 0 Å². The van der Waals surface area contributed by atoms with Crippen LogP contribution in [0.2, 0.25) is 0 Å². The Morgan fingerprint density at radius 1 is 1.42 bits per heavy atom. The van der Waals surface area contributed by atoms with E-state index in [9.17, 15) is 0 Å². The monoisotopic (exact) mass is 182 g/mol. The summed E-state index contributed by atoms with van der Waals surface area (Å²) in [5, 5.41) is 0. The van der Waals surface area contributed by atoms with Crippen molar-refractivity contribution in [3.05, 3.63) is 34.8 Å². The van der Waals surface area contributed by atoms with Gasteiger partial charge in [-0.15, -0.1) is 12.6 Å². The van der Waals surface area contributed by atoms with Crippen LogP contribution in [0.1, 0.15) is 27.7 Å². The molecule has 0 aliphatic rings. The maximum atomic E-state index is 4.41. The molecule has 0 fully saturated rings. The fourth-order valence-corrected chi connectivity index (χ4v) is 1.65. The molecule has 0 heterocycles. The summed E-state index contributed by atoms with van der Waals surface area (Å²) in [6.45, 7) is 12.2. The lowest BCUT2D eigenvalue weighted by atomic mass is 9.97. The molecule has 68 valence electrons. The Morgan fingerprint density at radius 2 is 1.92 bits per heavy atom. The molecule has 0 bridgehead atoms. The SMILES string of the molecule is C=C/C(C)=C(\C(S)=C/C)C(C)C. The van der Waals surface area contributed by atoms with Gasteiger partial charge in [-0.3, -0.25) is 0 Å². The van der Waals surface area contributed by atoms with Gasteiger partial charge in [-0.25, -0.2) is 0 Å². The summed E-state index contributed by atoms with van der Waals surface area (Å²) in [5.74, 6) is 0.506. The first-order valence-electron chi connectivity index (χ1n) is 4.23. The van der Waals surface area contributed by atoms with Crippen LogP contribution in [0.15, 0.2) is 34.8 Å². The van der Waals surface area contributed by atoms with Gasteiger partial charge < -0.3 is 0 Å². The summed E-state index contributed by atoms with van der Waals surface area (Å²) in [5.41, 5.74) is 2.50. The Kier molecular flexibility index (Phi) is 5.07. The second-order valence-electron chi connectivity index (χ2n) is 3.13. The molecule has 12 heavy (non-hydrogen) atoms. The Hall–Kier alpha value is -0.430. The molecule has 0 saturated carbocycles. The summed E-state index contributed by atoms with van der Waals surface area (Å²) >= 11 is 4.41. The molecule has 0 saturated heterocycles. The standard InChI is InChI=1S/C11H18S/c1-6-9(5)11(8(3)4)10(12)7-2/h6-8,12H,1H2,2-5H3/b10-7+,11-9-. The summed E-state index contributed by atoms with van der Waals surface area (Å²) in [7, 11) is 0. The number of rotatable bonds is 3. The largest absolute Gasteiger partial charge is 0.143 e. The van der Waals surface area contributed by atoms with Gasteiger partial charge in [-0.1, -0.05) is 32.6 Å². The van der Waals surface area contributed by atoms with E-state index in [-0.39, 0.29) is 0 Å². The summed E-state index contributed by atoms with van der Waals surface area (Å²) in [6.07, 6.45) is 3.90. The third-order valence-corrected chi connectivity index (χ3v) is 2.36. The van der Waals surface area contributed by atoms with E-state index in [4.69, 9.17) is 0 Å². The summed E-state index contributed by atoms with van der Waals surface area (Å²) in [4.78, 5) is 1.06. The molecule has 0 radical (unpaired) electrons. The van der Waals surface area contributed by atoms with Crippen molar-refractivity contribution in [3.8, 4) is 0 Å². The maximum absolute atomic E-state index is 4.41. The Bertz CT molecular complexity index is 219. The maximum Gasteiger partial charge on any atom is 0.00345 e. The highest BCUT2D eigenvalue weighted by atomic mass is 32.1. The van der Waals surface area contributed by atoms with E-state index in [1.165, 1.54) is 11.1 Å². The fourth-order valence-electron chi connectivity index (χ4n) is 1.22. The van der Waals surface area contributed by atoms with E-state index >= 15 is 0 Å². The van der Waals surface area contributed by atoms with Crippen molar-refractivity contribution in [1.82, 2.24) is 0 Å². The molecule has 0 aromatic heterocycles. The van der Waals surface area contributed by atoms with E-state index in [0.29, 0.717) is 5.92 Å². The van der Waals surface area contributed by atoms with Crippen molar-refractivity contribution in [3.63, 3.8) is 0 Å². The average Bonchev–Trinajstić information content (AvgIpc) is 2.03. The van der Waals surface area contributed by atoms with E-state index in [0.717, 1.165) is 4.91 Å². The smallest absolute Gasteiger partial charge is 0.00345 e. The van der Waals surface area contributed by atoms with Gasteiger partial charge in [0.05, 0.1) is 0 Å². The minimum Gasteiger partial charge on any atom is -0.143 e. The molecule has 0 unspecified atom stereocenters. The molecule has 0 amide bonds. The zero-order chi connectivity index (χ0) is 9.72. The van der Waals surface area contributed by atoms with Gasteiger partial charge >= 0.3 is 0 Å². The van der Waals surface area contributed by atoms with Gasteiger partial charge in [0.1, 0.15) is 0 Å². The average molecular weight is 182 g/mol. The third kappa shape index (κ3) is 2.90. The highest BCUT2D eigenvalue weighted by Gasteiger charge is 2.07.